The fourth-order valence-corrected chi connectivity index (χ4v) is 3.74. The minimum absolute atomic E-state index is 0.00723. The van der Waals surface area contributed by atoms with Crippen molar-refractivity contribution in [2.45, 2.75) is 59.3 Å². The first-order valence-electron chi connectivity index (χ1n) is 9.82. The third-order valence-electron chi connectivity index (χ3n) is 5.26. The molecule has 0 atom stereocenters. The van der Waals surface area contributed by atoms with Gasteiger partial charge in [-0.1, -0.05) is 6.42 Å². The maximum Gasteiger partial charge on any atom is 0.222 e. The summed E-state index contributed by atoms with van der Waals surface area (Å²) < 4.78 is 1.85. The van der Waals surface area contributed by atoms with Gasteiger partial charge in [0, 0.05) is 49.9 Å². The van der Waals surface area contributed by atoms with Gasteiger partial charge in [0.1, 0.15) is 0 Å². The first kappa shape index (κ1) is 19.3. The van der Waals surface area contributed by atoms with E-state index >= 15 is 0 Å². The number of amides is 2. The van der Waals surface area contributed by atoms with Gasteiger partial charge < -0.3 is 10.2 Å². The number of aromatic nitrogens is 3. The molecule has 1 fully saturated rings. The van der Waals surface area contributed by atoms with E-state index < -0.39 is 0 Å². The monoisotopic (exact) mass is 371 g/mol. The molecule has 2 aromatic rings. The predicted molar refractivity (Wildman–Crippen MR) is 104 cm³/mol. The third kappa shape index (κ3) is 4.64. The molecule has 27 heavy (non-hydrogen) atoms. The summed E-state index contributed by atoms with van der Waals surface area (Å²) in [5.74, 6) is 0.217. The molecule has 1 saturated heterocycles. The van der Waals surface area contributed by atoms with Crippen LogP contribution in [0, 0.1) is 20.8 Å². The lowest BCUT2D eigenvalue weighted by molar-refractivity contribution is -0.131. The van der Waals surface area contributed by atoms with Crippen molar-refractivity contribution in [3.8, 4) is 0 Å². The quantitative estimate of drug-likeness (QED) is 0.843. The topological polar surface area (TPSA) is 79.6 Å². The average Bonchev–Trinajstić information content (AvgIpc) is 2.87. The Balaban J connectivity index is 1.52. The van der Waals surface area contributed by atoms with Crippen LogP contribution in [0.25, 0.3) is 5.65 Å². The molecule has 7 nitrogen and oxygen atoms in total. The number of nitrogens with one attached hydrogen (secondary N) is 1. The first-order chi connectivity index (χ1) is 13.0. The molecule has 1 N–H and O–H groups in total. The third-order valence-corrected chi connectivity index (χ3v) is 5.26. The highest BCUT2D eigenvalue weighted by Gasteiger charge is 2.16. The zero-order chi connectivity index (χ0) is 19.4. The number of nitrogens with zero attached hydrogens (tertiary/aromatic N) is 4. The summed E-state index contributed by atoms with van der Waals surface area (Å²) in [6.45, 7) is 7.87. The smallest absolute Gasteiger partial charge is 0.222 e. The van der Waals surface area contributed by atoms with Gasteiger partial charge in [-0.2, -0.15) is 5.10 Å². The molecule has 2 amide bonds. The molecule has 0 aliphatic carbocycles. The van der Waals surface area contributed by atoms with Crippen molar-refractivity contribution in [1.82, 2.24) is 24.8 Å². The van der Waals surface area contributed by atoms with Crippen LogP contribution in [0.1, 0.15) is 54.7 Å². The lowest BCUT2D eigenvalue weighted by Crippen LogP contribution is -2.38. The molecular weight excluding hydrogens is 342 g/mol. The molecule has 0 radical (unpaired) electrons. The van der Waals surface area contributed by atoms with Crippen LogP contribution >= 0.6 is 0 Å². The summed E-state index contributed by atoms with van der Waals surface area (Å²) in [6.07, 6.45) is 4.82. The fourth-order valence-electron chi connectivity index (χ4n) is 3.74. The van der Waals surface area contributed by atoms with Crippen molar-refractivity contribution in [2.75, 3.05) is 19.6 Å². The van der Waals surface area contributed by atoms with Gasteiger partial charge in [0.15, 0.2) is 5.65 Å². The van der Waals surface area contributed by atoms with Crippen LogP contribution in [0.3, 0.4) is 0 Å². The number of rotatable bonds is 6. The lowest BCUT2D eigenvalue weighted by atomic mass is 10.1. The summed E-state index contributed by atoms with van der Waals surface area (Å²) in [4.78, 5) is 30.7. The zero-order valence-electron chi connectivity index (χ0n) is 16.5. The Kier molecular flexibility index (Phi) is 6.08. The molecule has 7 heteroatoms. The van der Waals surface area contributed by atoms with Crippen LogP contribution in [0.5, 0.6) is 0 Å². The van der Waals surface area contributed by atoms with Crippen molar-refractivity contribution in [3.05, 3.63) is 28.7 Å². The molecule has 1 aliphatic rings. The molecule has 1 aliphatic heterocycles. The van der Waals surface area contributed by atoms with Crippen LogP contribution < -0.4 is 5.32 Å². The summed E-state index contributed by atoms with van der Waals surface area (Å²) in [5, 5.41) is 7.42. The highest BCUT2D eigenvalue weighted by Crippen LogP contribution is 2.17. The molecule has 0 aromatic carbocycles. The van der Waals surface area contributed by atoms with E-state index in [2.05, 4.69) is 15.4 Å². The Morgan fingerprint density at radius 2 is 2.04 bits per heavy atom. The van der Waals surface area contributed by atoms with E-state index in [4.69, 9.17) is 0 Å². The van der Waals surface area contributed by atoms with Crippen LogP contribution in [0.15, 0.2) is 6.07 Å². The van der Waals surface area contributed by atoms with E-state index in [1.54, 1.807) is 0 Å². The summed E-state index contributed by atoms with van der Waals surface area (Å²) in [5.41, 5.74) is 4.83. The van der Waals surface area contributed by atoms with Gasteiger partial charge >= 0.3 is 0 Å². The van der Waals surface area contributed by atoms with Crippen molar-refractivity contribution in [1.29, 1.82) is 0 Å². The first-order valence-corrected chi connectivity index (χ1v) is 9.82. The molecule has 0 bridgehead atoms. The molecule has 2 aromatic heterocycles. The second-order valence-electron chi connectivity index (χ2n) is 7.36. The molecule has 0 saturated carbocycles. The van der Waals surface area contributed by atoms with E-state index in [-0.39, 0.29) is 11.8 Å². The Morgan fingerprint density at radius 1 is 1.22 bits per heavy atom. The average molecular weight is 371 g/mol. The molecule has 146 valence electrons. The van der Waals surface area contributed by atoms with Gasteiger partial charge in [-0.3, -0.25) is 9.59 Å². The number of carbonyl (C=O) groups is 2. The minimum atomic E-state index is 0.00723. The number of hydrogen-bond acceptors (Lipinski definition) is 4. The second kappa shape index (κ2) is 8.50. The highest BCUT2D eigenvalue weighted by molar-refractivity contribution is 5.77. The molecule has 3 heterocycles. The normalized spacial score (nSPS) is 15.2. The predicted octanol–water partition coefficient (Wildman–Crippen LogP) is 2.11. The zero-order valence-corrected chi connectivity index (χ0v) is 16.5. The number of carbonyl (C=O) groups excluding carboxylic acids is 2. The van der Waals surface area contributed by atoms with Crippen molar-refractivity contribution in [2.24, 2.45) is 0 Å². The van der Waals surface area contributed by atoms with E-state index in [9.17, 15) is 9.59 Å². The Bertz CT molecular complexity index is 842. The van der Waals surface area contributed by atoms with Gasteiger partial charge in [-0.15, -0.1) is 0 Å². The molecule has 0 spiro atoms. The Hall–Kier alpha value is -2.44. The van der Waals surface area contributed by atoms with Crippen molar-refractivity contribution < 1.29 is 9.59 Å². The number of aryl methyl sites for hydroxylation is 3. The van der Waals surface area contributed by atoms with Crippen molar-refractivity contribution in [3.63, 3.8) is 0 Å². The standard InChI is InChI=1S/C20H29N5O2/c1-14-13-18-22-15(2)17(16(3)25(18)23-14)8-9-19(26)21-10-12-24-11-6-4-5-7-20(24)27/h13H,4-12H2,1-3H3,(H,21,26). The van der Waals surface area contributed by atoms with E-state index in [0.717, 1.165) is 54.1 Å². The van der Waals surface area contributed by atoms with Gasteiger partial charge in [0.2, 0.25) is 11.8 Å². The Labute approximate surface area is 160 Å². The number of fused-ring (bicyclic) bond motifs is 1. The van der Waals surface area contributed by atoms with Crippen LogP contribution in [0.2, 0.25) is 0 Å². The maximum atomic E-state index is 12.2. The number of hydrogen-bond donors (Lipinski definition) is 1. The Morgan fingerprint density at radius 3 is 2.85 bits per heavy atom. The van der Waals surface area contributed by atoms with Crippen LogP contribution in [0.4, 0.5) is 0 Å². The van der Waals surface area contributed by atoms with Crippen LogP contribution in [-0.4, -0.2) is 50.9 Å². The van der Waals surface area contributed by atoms with E-state index in [1.807, 2.05) is 36.3 Å². The SMILES string of the molecule is Cc1cc2nc(C)c(CCC(=O)NCCN3CCCCCC3=O)c(C)n2n1. The van der Waals surface area contributed by atoms with Gasteiger partial charge in [0.05, 0.1) is 5.69 Å². The van der Waals surface area contributed by atoms with E-state index in [0.29, 0.717) is 32.4 Å². The molecular formula is C20H29N5O2. The fraction of sp³-hybridized carbons (Fsp3) is 0.600. The minimum Gasteiger partial charge on any atom is -0.354 e. The van der Waals surface area contributed by atoms with Gasteiger partial charge in [-0.25, -0.2) is 9.50 Å². The summed E-state index contributed by atoms with van der Waals surface area (Å²) in [7, 11) is 0. The lowest BCUT2D eigenvalue weighted by Gasteiger charge is -2.20. The van der Waals surface area contributed by atoms with Crippen molar-refractivity contribution >= 4 is 17.5 Å². The highest BCUT2D eigenvalue weighted by atomic mass is 16.2. The largest absolute Gasteiger partial charge is 0.354 e. The summed E-state index contributed by atoms with van der Waals surface area (Å²) >= 11 is 0. The van der Waals surface area contributed by atoms with Gasteiger partial charge in [-0.05, 0) is 45.6 Å². The van der Waals surface area contributed by atoms with Crippen LogP contribution in [-0.2, 0) is 16.0 Å². The van der Waals surface area contributed by atoms with E-state index in [1.165, 1.54) is 0 Å². The second-order valence-corrected chi connectivity index (χ2v) is 7.36. The number of likely N-dealkylation sites (tertiary alicyclic amines) is 1. The summed E-state index contributed by atoms with van der Waals surface area (Å²) in [6, 6.07) is 1.96. The molecule has 3 rings (SSSR count). The van der Waals surface area contributed by atoms with Gasteiger partial charge in [0.25, 0.3) is 0 Å². The maximum absolute atomic E-state index is 12.2. The molecule has 0 unspecified atom stereocenters.